The standard InChI is InChI=1S/C24H36F2O2/c1-5-17(3)7-8-18(4)15-27-21-13-14-22(24(26)23(21)25)28-16-20-11-9-19(6-2)10-12-20/h6,13-14,17-20H,2,5,7-12,15-16H2,1,3-4H3. The molecule has 1 fully saturated rings. The zero-order chi connectivity index (χ0) is 20.5. The molecule has 2 unspecified atom stereocenters. The topological polar surface area (TPSA) is 18.5 Å². The van der Waals surface area contributed by atoms with E-state index in [1.54, 1.807) is 0 Å². The largest absolute Gasteiger partial charge is 0.490 e. The Hall–Kier alpha value is -1.58. The average Bonchev–Trinajstić information content (AvgIpc) is 2.72. The van der Waals surface area contributed by atoms with E-state index >= 15 is 0 Å². The van der Waals surface area contributed by atoms with Crippen molar-refractivity contribution in [1.29, 1.82) is 0 Å². The Morgan fingerprint density at radius 3 is 2.14 bits per heavy atom. The van der Waals surface area contributed by atoms with Gasteiger partial charge in [0.05, 0.1) is 13.2 Å². The van der Waals surface area contributed by atoms with Gasteiger partial charge in [0.15, 0.2) is 11.5 Å². The van der Waals surface area contributed by atoms with E-state index in [1.165, 1.54) is 12.1 Å². The zero-order valence-electron chi connectivity index (χ0n) is 17.7. The minimum Gasteiger partial charge on any atom is -0.490 e. The molecule has 1 aromatic carbocycles. The molecule has 0 bridgehead atoms. The fourth-order valence-electron chi connectivity index (χ4n) is 3.62. The van der Waals surface area contributed by atoms with Crippen LogP contribution in [-0.2, 0) is 0 Å². The van der Waals surface area contributed by atoms with Crippen molar-refractivity contribution in [3.05, 3.63) is 36.4 Å². The predicted octanol–water partition coefficient (Wildman–Crippen LogP) is 7.18. The first kappa shape index (κ1) is 22.7. The van der Waals surface area contributed by atoms with Crippen molar-refractivity contribution >= 4 is 0 Å². The Morgan fingerprint density at radius 2 is 1.57 bits per heavy atom. The molecule has 0 spiro atoms. The summed E-state index contributed by atoms with van der Waals surface area (Å²) in [4.78, 5) is 0. The molecule has 0 radical (unpaired) electrons. The summed E-state index contributed by atoms with van der Waals surface area (Å²) >= 11 is 0. The van der Waals surface area contributed by atoms with Gasteiger partial charge in [0, 0.05) is 0 Å². The molecule has 28 heavy (non-hydrogen) atoms. The van der Waals surface area contributed by atoms with Crippen molar-refractivity contribution < 1.29 is 18.3 Å². The molecule has 0 heterocycles. The Morgan fingerprint density at radius 1 is 1.00 bits per heavy atom. The summed E-state index contributed by atoms with van der Waals surface area (Å²) in [5.41, 5.74) is 0. The third kappa shape index (κ3) is 6.79. The van der Waals surface area contributed by atoms with E-state index in [-0.39, 0.29) is 11.5 Å². The molecule has 0 amide bonds. The number of benzene rings is 1. The second-order valence-corrected chi connectivity index (χ2v) is 8.52. The molecule has 0 saturated heterocycles. The Labute approximate surface area is 169 Å². The molecule has 158 valence electrons. The molecule has 1 aromatic rings. The zero-order valence-corrected chi connectivity index (χ0v) is 17.7. The first-order valence-corrected chi connectivity index (χ1v) is 10.8. The lowest BCUT2D eigenvalue weighted by Crippen LogP contribution is -2.19. The molecular formula is C24H36F2O2. The minimum absolute atomic E-state index is 0.0273. The summed E-state index contributed by atoms with van der Waals surface area (Å²) in [5.74, 6) is -0.0212. The Bertz CT molecular complexity index is 609. The van der Waals surface area contributed by atoms with Gasteiger partial charge < -0.3 is 9.47 Å². The van der Waals surface area contributed by atoms with Crippen molar-refractivity contribution in [2.45, 2.75) is 65.7 Å². The lowest BCUT2D eigenvalue weighted by Gasteiger charge is -2.26. The van der Waals surface area contributed by atoms with Crippen LogP contribution in [0.1, 0.15) is 65.7 Å². The summed E-state index contributed by atoms with van der Waals surface area (Å²) in [6.45, 7) is 11.1. The van der Waals surface area contributed by atoms with Gasteiger partial charge in [0.25, 0.3) is 0 Å². The van der Waals surface area contributed by atoms with Crippen LogP contribution in [0.2, 0.25) is 0 Å². The lowest BCUT2D eigenvalue weighted by atomic mass is 9.82. The fraction of sp³-hybridized carbons (Fsp3) is 0.667. The van der Waals surface area contributed by atoms with Crippen molar-refractivity contribution in [3.8, 4) is 11.5 Å². The highest BCUT2D eigenvalue weighted by Gasteiger charge is 2.22. The first-order chi connectivity index (χ1) is 13.4. The van der Waals surface area contributed by atoms with Crippen molar-refractivity contribution in [1.82, 2.24) is 0 Å². The Kier molecular flexibility index (Phi) is 9.27. The van der Waals surface area contributed by atoms with Crippen LogP contribution in [0.25, 0.3) is 0 Å². The number of ether oxygens (including phenoxy) is 2. The maximum absolute atomic E-state index is 14.4. The smallest absolute Gasteiger partial charge is 0.204 e. The van der Waals surface area contributed by atoms with Crippen LogP contribution in [0.15, 0.2) is 24.8 Å². The van der Waals surface area contributed by atoms with Crippen molar-refractivity contribution in [2.24, 2.45) is 23.7 Å². The molecule has 2 atom stereocenters. The molecule has 1 saturated carbocycles. The number of rotatable bonds is 11. The highest BCUT2D eigenvalue weighted by atomic mass is 19.2. The third-order valence-corrected chi connectivity index (χ3v) is 6.08. The van der Waals surface area contributed by atoms with Gasteiger partial charge in [0.2, 0.25) is 11.6 Å². The van der Waals surface area contributed by atoms with Gasteiger partial charge in [-0.2, -0.15) is 8.78 Å². The van der Waals surface area contributed by atoms with Gasteiger partial charge >= 0.3 is 0 Å². The summed E-state index contributed by atoms with van der Waals surface area (Å²) in [6.07, 6.45) is 9.58. The van der Waals surface area contributed by atoms with Gasteiger partial charge in [-0.3, -0.25) is 0 Å². The van der Waals surface area contributed by atoms with Gasteiger partial charge in [0.1, 0.15) is 0 Å². The summed E-state index contributed by atoms with van der Waals surface area (Å²) < 4.78 is 39.8. The first-order valence-electron chi connectivity index (χ1n) is 10.8. The van der Waals surface area contributed by atoms with E-state index < -0.39 is 11.6 Å². The monoisotopic (exact) mass is 394 g/mol. The summed E-state index contributed by atoms with van der Waals surface area (Å²) in [7, 11) is 0. The van der Waals surface area contributed by atoms with Crippen LogP contribution < -0.4 is 9.47 Å². The van der Waals surface area contributed by atoms with E-state index in [1.807, 2.05) is 6.08 Å². The SMILES string of the molecule is C=CC1CCC(COc2ccc(OCC(C)CCC(C)CC)c(F)c2F)CC1. The molecule has 1 aliphatic carbocycles. The fourth-order valence-corrected chi connectivity index (χ4v) is 3.62. The predicted molar refractivity (Wildman–Crippen MR) is 111 cm³/mol. The molecule has 0 aromatic heterocycles. The molecule has 0 aliphatic heterocycles. The van der Waals surface area contributed by atoms with Crippen molar-refractivity contribution in [2.75, 3.05) is 13.2 Å². The van der Waals surface area contributed by atoms with E-state index in [2.05, 4.69) is 27.4 Å². The van der Waals surface area contributed by atoms with Gasteiger partial charge in [-0.15, -0.1) is 6.58 Å². The second kappa shape index (κ2) is 11.4. The van der Waals surface area contributed by atoms with Gasteiger partial charge in [-0.1, -0.05) is 39.7 Å². The quantitative estimate of drug-likeness (QED) is 0.370. The number of hydrogen-bond donors (Lipinski definition) is 0. The van der Waals surface area contributed by atoms with Gasteiger partial charge in [-0.05, 0) is 67.9 Å². The molecule has 4 heteroatoms. The van der Waals surface area contributed by atoms with Crippen molar-refractivity contribution in [3.63, 3.8) is 0 Å². The number of hydrogen-bond acceptors (Lipinski definition) is 2. The van der Waals surface area contributed by atoms with Crippen LogP contribution in [0, 0.1) is 35.3 Å². The molecular weight excluding hydrogens is 358 g/mol. The highest BCUT2D eigenvalue weighted by molar-refractivity contribution is 5.35. The van der Waals surface area contributed by atoms with E-state index in [0.29, 0.717) is 36.9 Å². The normalized spacial score (nSPS) is 21.8. The maximum atomic E-state index is 14.4. The average molecular weight is 395 g/mol. The minimum atomic E-state index is -0.956. The van der Waals surface area contributed by atoms with Crippen LogP contribution in [0.3, 0.4) is 0 Å². The molecule has 0 N–H and O–H groups in total. The highest BCUT2D eigenvalue weighted by Crippen LogP contribution is 2.32. The van der Waals surface area contributed by atoms with Crippen LogP contribution in [-0.4, -0.2) is 13.2 Å². The van der Waals surface area contributed by atoms with Crippen LogP contribution in [0.4, 0.5) is 8.78 Å². The van der Waals surface area contributed by atoms with E-state index in [9.17, 15) is 8.78 Å². The Balaban J connectivity index is 1.82. The van der Waals surface area contributed by atoms with Crippen LogP contribution >= 0.6 is 0 Å². The lowest BCUT2D eigenvalue weighted by molar-refractivity contribution is 0.186. The molecule has 1 aliphatic rings. The number of halogens is 2. The van der Waals surface area contributed by atoms with E-state index in [4.69, 9.17) is 9.47 Å². The van der Waals surface area contributed by atoms with Gasteiger partial charge in [-0.25, -0.2) is 0 Å². The molecule has 2 nitrogen and oxygen atoms in total. The number of allylic oxidation sites excluding steroid dienone is 1. The maximum Gasteiger partial charge on any atom is 0.204 e. The summed E-state index contributed by atoms with van der Waals surface area (Å²) in [6, 6.07) is 2.96. The second-order valence-electron chi connectivity index (χ2n) is 8.52. The molecule has 2 rings (SSSR count). The van der Waals surface area contributed by atoms with Crippen LogP contribution in [0.5, 0.6) is 11.5 Å². The van der Waals surface area contributed by atoms with E-state index in [0.717, 1.165) is 44.9 Å². The third-order valence-electron chi connectivity index (χ3n) is 6.08. The summed E-state index contributed by atoms with van der Waals surface area (Å²) in [5, 5.41) is 0.